The number of nitrogen functional groups attached to an aromatic ring is 1. The van der Waals surface area contributed by atoms with Crippen LogP contribution in [0.2, 0.25) is 0 Å². The third kappa shape index (κ3) is 1.18. The van der Waals surface area contributed by atoms with E-state index in [-0.39, 0.29) is 5.96 Å². The molecule has 2 rings (SSSR count). The monoisotopic (exact) mass is 175 g/mol. The van der Waals surface area contributed by atoms with Gasteiger partial charge in [0.15, 0.2) is 0 Å². The van der Waals surface area contributed by atoms with Gasteiger partial charge in [-0.2, -0.15) is 0 Å². The van der Waals surface area contributed by atoms with Gasteiger partial charge < -0.3 is 5.73 Å². The summed E-state index contributed by atoms with van der Waals surface area (Å²) >= 11 is 0. The minimum absolute atomic E-state index is 0.0444. The molecule has 0 spiro atoms. The first-order valence-corrected chi connectivity index (χ1v) is 3.53. The third-order valence-electron chi connectivity index (χ3n) is 1.61. The fourth-order valence-electron chi connectivity index (χ4n) is 1.07. The second-order valence-corrected chi connectivity index (χ2v) is 2.42. The largest absolute Gasteiger partial charge is 0.397 e. The molecule has 0 saturated heterocycles. The van der Waals surface area contributed by atoms with Crippen molar-refractivity contribution < 1.29 is 0 Å². The number of nitrogens with zero attached hydrogens (tertiary/aromatic N) is 4. The maximum atomic E-state index is 9.81. The first-order valence-electron chi connectivity index (χ1n) is 3.53. The van der Waals surface area contributed by atoms with Crippen molar-refractivity contribution in [3.8, 4) is 0 Å². The summed E-state index contributed by atoms with van der Waals surface area (Å²) in [7, 11) is 0. The van der Waals surface area contributed by atoms with Crippen molar-refractivity contribution in [2.24, 2.45) is 20.4 Å². The van der Waals surface area contributed by atoms with Crippen molar-refractivity contribution in [2.75, 3.05) is 5.73 Å². The minimum atomic E-state index is 0.0444. The van der Waals surface area contributed by atoms with Crippen LogP contribution in [0.4, 0.5) is 5.69 Å². The Kier molecular flexibility index (Phi) is 1.59. The zero-order valence-electron chi connectivity index (χ0n) is 6.51. The van der Waals surface area contributed by atoms with Gasteiger partial charge in [0.1, 0.15) is 5.36 Å². The summed E-state index contributed by atoms with van der Waals surface area (Å²) in [6.45, 7) is 0. The van der Waals surface area contributed by atoms with E-state index in [1.54, 1.807) is 18.2 Å². The fourth-order valence-corrected chi connectivity index (χ4v) is 1.07. The molecule has 0 atom stereocenters. The molecule has 0 fully saturated rings. The molecule has 6 nitrogen and oxygen atoms in total. The highest BCUT2D eigenvalue weighted by molar-refractivity contribution is 5.83. The Hall–Kier alpha value is -2.11. The Bertz CT molecular complexity index is 504. The van der Waals surface area contributed by atoms with Gasteiger partial charge in [0.25, 0.3) is 5.96 Å². The number of para-hydroxylation sites is 1. The maximum absolute atomic E-state index is 9.81. The fraction of sp³-hybridized carbons (Fsp3) is 0. The maximum Gasteiger partial charge on any atom is 0.273 e. The number of fused-ring (bicyclic) bond motifs is 1. The lowest BCUT2D eigenvalue weighted by Crippen LogP contribution is -2.24. The Labute approximate surface area is 72.5 Å². The van der Waals surface area contributed by atoms with Gasteiger partial charge in [0, 0.05) is 0 Å². The average Bonchev–Trinajstić information content (AvgIpc) is 2.49. The summed E-state index contributed by atoms with van der Waals surface area (Å²) < 4.78 is 0. The van der Waals surface area contributed by atoms with Crippen molar-refractivity contribution in [1.29, 1.82) is 0 Å². The summed E-state index contributed by atoms with van der Waals surface area (Å²) in [5.41, 5.74) is 6.12. The van der Waals surface area contributed by atoms with Crippen LogP contribution in [-0.4, -0.2) is 5.96 Å². The van der Waals surface area contributed by atoms with Crippen LogP contribution in [0, 0.1) is 4.91 Å². The first-order chi connectivity index (χ1) is 6.31. The third-order valence-corrected chi connectivity index (χ3v) is 1.61. The van der Waals surface area contributed by atoms with Crippen LogP contribution < -0.4 is 16.4 Å². The van der Waals surface area contributed by atoms with Crippen LogP contribution in [0.15, 0.2) is 38.6 Å². The molecule has 6 heteroatoms. The highest BCUT2D eigenvalue weighted by Crippen LogP contribution is 1.93. The van der Waals surface area contributed by atoms with Crippen molar-refractivity contribution in [3.05, 3.63) is 33.8 Å². The van der Waals surface area contributed by atoms with Crippen molar-refractivity contribution in [1.82, 2.24) is 0 Å². The number of anilines is 1. The molecule has 0 unspecified atom stereocenters. The molecule has 1 aromatic carbocycles. The van der Waals surface area contributed by atoms with E-state index in [4.69, 9.17) is 5.73 Å². The van der Waals surface area contributed by atoms with E-state index in [1.807, 2.05) is 0 Å². The van der Waals surface area contributed by atoms with Gasteiger partial charge in [-0.1, -0.05) is 11.2 Å². The molecule has 1 aromatic rings. The summed E-state index contributed by atoms with van der Waals surface area (Å²) in [5, 5.41) is 6.68. The SMILES string of the molecule is Nc1cccc2c1=N/C(=N\N=O)N=2. The highest BCUT2D eigenvalue weighted by atomic mass is 16.3. The summed E-state index contributed by atoms with van der Waals surface area (Å²) in [5.74, 6) is 0.0444. The molecule has 0 aliphatic carbocycles. The van der Waals surface area contributed by atoms with Gasteiger partial charge in [-0.15, -0.1) is 4.91 Å². The van der Waals surface area contributed by atoms with Gasteiger partial charge in [-0.25, -0.2) is 9.98 Å². The minimum Gasteiger partial charge on any atom is -0.397 e. The lowest BCUT2D eigenvalue weighted by atomic mass is 10.3. The molecule has 0 amide bonds. The number of nitrogens with two attached hydrogens (primary N) is 1. The van der Waals surface area contributed by atoms with E-state index in [1.165, 1.54) is 0 Å². The van der Waals surface area contributed by atoms with E-state index < -0.39 is 0 Å². The van der Waals surface area contributed by atoms with Crippen LogP contribution in [0.3, 0.4) is 0 Å². The van der Waals surface area contributed by atoms with Crippen molar-refractivity contribution in [3.63, 3.8) is 0 Å². The molecule has 64 valence electrons. The molecule has 0 saturated carbocycles. The van der Waals surface area contributed by atoms with Gasteiger partial charge in [0.2, 0.25) is 0 Å². The zero-order valence-corrected chi connectivity index (χ0v) is 6.51. The van der Waals surface area contributed by atoms with E-state index in [2.05, 4.69) is 20.4 Å². The highest BCUT2D eigenvalue weighted by Gasteiger charge is 2.05. The molecule has 0 aromatic heterocycles. The second-order valence-electron chi connectivity index (χ2n) is 2.42. The van der Waals surface area contributed by atoms with E-state index in [0.29, 0.717) is 16.4 Å². The van der Waals surface area contributed by atoms with E-state index in [9.17, 15) is 4.91 Å². The summed E-state index contributed by atoms with van der Waals surface area (Å²) in [6.07, 6.45) is 0. The zero-order chi connectivity index (χ0) is 9.26. The average molecular weight is 175 g/mol. The molecule has 1 heterocycles. The number of nitroso groups, excluding NO2 is 1. The lowest BCUT2D eigenvalue weighted by molar-refractivity contribution is 1.18. The molecule has 0 radical (unpaired) electrons. The van der Waals surface area contributed by atoms with Crippen LogP contribution in [0.25, 0.3) is 0 Å². The Morgan fingerprint density at radius 1 is 1.31 bits per heavy atom. The second kappa shape index (κ2) is 2.74. The van der Waals surface area contributed by atoms with Gasteiger partial charge in [0.05, 0.1) is 16.3 Å². The predicted molar refractivity (Wildman–Crippen MR) is 46.4 cm³/mol. The van der Waals surface area contributed by atoms with E-state index in [0.717, 1.165) is 0 Å². The molecule has 0 bridgehead atoms. The predicted octanol–water partition coefficient (Wildman–Crippen LogP) is -0.441. The number of hydrogen-bond donors (Lipinski definition) is 1. The molecule has 1 aliphatic heterocycles. The van der Waals surface area contributed by atoms with Crippen LogP contribution in [-0.2, 0) is 0 Å². The lowest BCUT2D eigenvalue weighted by Gasteiger charge is -1.86. The summed E-state index contributed by atoms with van der Waals surface area (Å²) in [4.78, 5) is 17.6. The summed E-state index contributed by atoms with van der Waals surface area (Å²) in [6, 6.07) is 5.20. The topological polar surface area (TPSA) is 92.5 Å². The van der Waals surface area contributed by atoms with Crippen LogP contribution >= 0.6 is 0 Å². The Morgan fingerprint density at radius 3 is 2.85 bits per heavy atom. The number of hydrogen-bond acceptors (Lipinski definition) is 3. The van der Waals surface area contributed by atoms with Crippen molar-refractivity contribution in [2.45, 2.75) is 0 Å². The van der Waals surface area contributed by atoms with Gasteiger partial charge in [-0.05, 0) is 12.1 Å². The van der Waals surface area contributed by atoms with Gasteiger partial charge in [-0.3, -0.25) is 0 Å². The van der Waals surface area contributed by atoms with Crippen molar-refractivity contribution >= 4 is 11.6 Å². The standard InChI is InChI=1S/C7H5N5O/c8-4-2-1-3-5-6(4)10-7(9-5)11-12-13/h1-3H,8H2/b11-7-. The number of rotatable bonds is 1. The Balaban J connectivity index is 2.74. The quantitative estimate of drug-likeness (QED) is 0.356. The number of benzene rings is 1. The smallest absolute Gasteiger partial charge is 0.273 e. The molecule has 13 heavy (non-hydrogen) atoms. The molecular formula is C7H5N5O. The number of guanidine groups is 1. The normalized spacial score (nSPS) is 16.2. The molecule has 2 N–H and O–H groups in total. The first kappa shape index (κ1) is 7.53. The van der Waals surface area contributed by atoms with E-state index >= 15 is 0 Å². The van der Waals surface area contributed by atoms with Gasteiger partial charge >= 0.3 is 0 Å². The van der Waals surface area contributed by atoms with Crippen LogP contribution in [0.5, 0.6) is 0 Å². The Morgan fingerprint density at radius 2 is 2.15 bits per heavy atom. The van der Waals surface area contributed by atoms with Crippen LogP contribution in [0.1, 0.15) is 0 Å². The molecular weight excluding hydrogens is 170 g/mol. The molecule has 1 aliphatic rings.